The first-order valence-corrected chi connectivity index (χ1v) is 30.5. The number of aromatic nitrogens is 1. The van der Waals surface area contributed by atoms with Gasteiger partial charge < -0.3 is 24.2 Å². The number of benzene rings is 13. The van der Waals surface area contributed by atoms with Gasteiger partial charge in [0.2, 0.25) is 6.71 Å². The van der Waals surface area contributed by atoms with E-state index in [-0.39, 0.29) is 13.4 Å². The fourth-order valence-corrected chi connectivity index (χ4v) is 15.9. The van der Waals surface area contributed by atoms with Gasteiger partial charge in [-0.1, -0.05) is 217 Å². The van der Waals surface area contributed by atoms with Gasteiger partial charge in [-0.2, -0.15) is 0 Å². The second kappa shape index (κ2) is 19.5. The van der Waals surface area contributed by atoms with Gasteiger partial charge in [-0.15, -0.1) is 0 Å². The number of rotatable bonds is 8. The van der Waals surface area contributed by atoms with Crippen LogP contribution >= 0.6 is 11.8 Å². The Balaban J connectivity index is 0.949. The van der Waals surface area contributed by atoms with Crippen LogP contribution in [0.3, 0.4) is 0 Å². The minimum absolute atomic E-state index is 0.0665. The zero-order valence-electron chi connectivity index (χ0n) is 46.7. The molecule has 0 saturated carbocycles. The molecule has 18 rings (SSSR count). The monoisotopic (exact) mass is 1110 g/mol. The van der Waals surface area contributed by atoms with Crippen LogP contribution < -0.4 is 52.4 Å². The summed E-state index contributed by atoms with van der Waals surface area (Å²) in [6.45, 7) is -0.195. The number of para-hydroxylation sites is 9. The smallest absolute Gasteiger partial charge is 0.252 e. The minimum atomic E-state index is -0.129. The van der Waals surface area contributed by atoms with Gasteiger partial charge in [0, 0.05) is 88.7 Å². The van der Waals surface area contributed by atoms with Crippen molar-refractivity contribution in [2.75, 3.05) is 19.6 Å². The second-order valence-electron chi connectivity index (χ2n) is 22.7. The van der Waals surface area contributed by atoms with Crippen molar-refractivity contribution < 1.29 is 0 Å². The molecule has 5 nitrogen and oxygen atoms in total. The van der Waals surface area contributed by atoms with Crippen LogP contribution in [0.4, 0.5) is 68.2 Å². The van der Waals surface area contributed by atoms with Gasteiger partial charge in [0.05, 0.1) is 22.4 Å². The Bertz CT molecular complexity index is 4930. The van der Waals surface area contributed by atoms with E-state index in [1.807, 2.05) is 11.8 Å². The molecule has 13 aromatic carbocycles. The third-order valence-corrected chi connectivity index (χ3v) is 19.3. The van der Waals surface area contributed by atoms with Gasteiger partial charge in [-0.25, -0.2) is 0 Å². The molecule has 4 aliphatic heterocycles. The van der Waals surface area contributed by atoms with E-state index in [9.17, 15) is 0 Å². The van der Waals surface area contributed by atoms with Crippen LogP contribution in [-0.4, -0.2) is 18.0 Å². The number of hydrogen-bond acceptors (Lipinski definition) is 5. The highest BCUT2D eigenvalue weighted by molar-refractivity contribution is 8.00. The Labute approximate surface area is 505 Å². The Hall–Kier alpha value is -10.7. The highest BCUT2D eigenvalue weighted by Crippen LogP contribution is 2.52. The number of nitrogens with zero attached hydrogens (tertiary/aromatic N) is 5. The van der Waals surface area contributed by atoms with Crippen molar-refractivity contribution in [2.45, 2.75) is 9.79 Å². The van der Waals surface area contributed by atoms with Crippen LogP contribution in [0.25, 0.3) is 38.6 Å². The van der Waals surface area contributed by atoms with E-state index in [1.54, 1.807) is 0 Å². The molecule has 8 heteroatoms. The predicted octanol–water partition coefficient (Wildman–Crippen LogP) is 16.8. The quantitative estimate of drug-likeness (QED) is 0.141. The molecule has 0 bridgehead atoms. The Morgan fingerprint density at radius 1 is 0.279 bits per heavy atom. The van der Waals surface area contributed by atoms with Crippen LogP contribution in [0.1, 0.15) is 0 Å². The zero-order chi connectivity index (χ0) is 56.4. The normalized spacial score (nSPS) is 13.2. The lowest BCUT2D eigenvalue weighted by atomic mass is 9.31. The average Bonchev–Trinajstić information content (AvgIpc) is 0.813. The van der Waals surface area contributed by atoms with Gasteiger partial charge in [-0.3, -0.25) is 0 Å². The molecule has 400 valence electrons. The fraction of sp³-hybridized carbons (Fsp3) is 0. The molecule has 4 aliphatic rings. The van der Waals surface area contributed by atoms with Crippen molar-refractivity contribution in [1.29, 1.82) is 0 Å². The summed E-state index contributed by atoms with van der Waals surface area (Å²) in [5, 5.41) is 2.49. The lowest BCUT2D eigenvalue weighted by Gasteiger charge is -2.46. The van der Waals surface area contributed by atoms with Crippen LogP contribution in [0.15, 0.2) is 319 Å². The molecular formula is C78H51B2N5S. The largest absolute Gasteiger partial charge is 0.311 e. The van der Waals surface area contributed by atoms with Crippen molar-refractivity contribution in [3.63, 3.8) is 0 Å². The summed E-state index contributed by atoms with van der Waals surface area (Å²) in [5.41, 5.74) is 27.3. The molecule has 14 aromatic rings. The summed E-state index contributed by atoms with van der Waals surface area (Å²) in [6.07, 6.45) is 0. The molecule has 86 heavy (non-hydrogen) atoms. The summed E-state index contributed by atoms with van der Waals surface area (Å²) in [5.74, 6) is 0. The lowest BCUT2D eigenvalue weighted by Crippen LogP contribution is -2.64. The van der Waals surface area contributed by atoms with Crippen LogP contribution in [0, 0.1) is 0 Å². The topological polar surface area (TPSA) is 17.9 Å². The fourth-order valence-electron chi connectivity index (χ4n) is 14.7. The molecule has 0 amide bonds. The van der Waals surface area contributed by atoms with Gasteiger partial charge in [0.15, 0.2) is 0 Å². The van der Waals surface area contributed by atoms with E-state index < -0.39 is 0 Å². The van der Waals surface area contributed by atoms with Gasteiger partial charge in [0.25, 0.3) is 6.71 Å². The maximum atomic E-state index is 2.64. The van der Waals surface area contributed by atoms with E-state index in [0.717, 1.165) is 62.3 Å². The van der Waals surface area contributed by atoms with Gasteiger partial charge in [0.1, 0.15) is 0 Å². The van der Waals surface area contributed by atoms with Crippen molar-refractivity contribution >= 4 is 148 Å². The summed E-state index contributed by atoms with van der Waals surface area (Å²) in [6, 6.07) is 115. The van der Waals surface area contributed by atoms with Crippen molar-refractivity contribution in [3.05, 3.63) is 309 Å². The van der Waals surface area contributed by atoms with Gasteiger partial charge >= 0.3 is 0 Å². The predicted molar refractivity (Wildman–Crippen MR) is 365 cm³/mol. The maximum Gasteiger partial charge on any atom is 0.252 e. The summed E-state index contributed by atoms with van der Waals surface area (Å²) in [4.78, 5) is 12.6. The molecule has 0 fully saturated rings. The first-order valence-electron chi connectivity index (χ1n) is 29.6. The van der Waals surface area contributed by atoms with Crippen molar-refractivity contribution in [1.82, 2.24) is 4.57 Å². The maximum absolute atomic E-state index is 2.64. The first-order chi connectivity index (χ1) is 42.7. The molecule has 0 unspecified atom stereocenters. The summed E-state index contributed by atoms with van der Waals surface area (Å²) < 4.78 is 2.49. The van der Waals surface area contributed by atoms with E-state index >= 15 is 0 Å². The Morgan fingerprint density at radius 3 is 1.34 bits per heavy atom. The lowest BCUT2D eigenvalue weighted by molar-refractivity contribution is 1.15. The SMILES string of the molecule is c1ccc(-c2ccccc2N2c3cc4c(cc3B3c5ccccc5N(c5ccccc5)c5cc(N(c6ccccc6)c6ccccc6)cc2c53)B2c3ccccc3N(c3ccccc3)c3cc(-n5c6ccccc6c6ccccc65)cc(c32)S4)cc1. The van der Waals surface area contributed by atoms with E-state index in [1.165, 1.54) is 87.1 Å². The molecule has 0 atom stereocenters. The third-order valence-electron chi connectivity index (χ3n) is 18.1. The molecule has 0 aliphatic carbocycles. The average molecular weight is 1110 g/mol. The van der Waals surface area contributed by atoms with E-state index in [0.29, 0.717) is 0 Å². The number of fused-ring (bicyclic) bond motifs is 11. The van der Waals surface area contributed by atoms with E-state index in [4.69, 9.17) is 0 Å². The van der Waals surface area contributed by atoms with Crippen LogP contribution in [-0.2, 0) is 0 Å². The minimum Gasteiger partial charge on any atom is -0.311 e. The molecule has 5 heterocycles. The highest BCUT2D eigenvalue weighted by Gasteiger charge is 2.48. The van der Waals surface area contributed by atoms with Gasteiger partial charge in [-0.05, 0) is 142 Å². The summed E-state index contributed by atoms with van der Waals surface area (Å²) >= 11 is 1.92. The molecular weight excluding hydrogens is 1060 g/mol. The first kappa shape index (κ1) is 48.8. The molecule has 1 aromatic heterocycles. The third kappa shape index (κ3) is 7.36. The van der Waals surface area contributed by atoms with E-state index in [2.05, 4.69) is 334 Å². The molecule has 0 radical (unpaired) electrons. The zero-order valence-corrected chi connectivity index (χ0v) is 47.6. The second-order valence-corrected chi connectivity index (χ2v) is 23.8. The van der Waals surface area contributed by atoms with Crippen molar-refractivity contribution in [3.8, 4) is 16.8 Å². The number of anilines is 12. The molecule has 0 spiro atoms. The summed E-state index contributed by atoms with van der Waals surface area (Å²) in [7, 11) is 0. The highest BCUT2D eigenvalue weighted by atomic mass is 32.2. The molecule has 0 saturated heterocycles. The number of hydrogen-bond donors (Lipinski definition) is 0. The standard InChI is InChI=1S/C78H51B2N5S/c1-6-26-52(27-7-1)59-36-16-21-41-66(59)85-71-51-75-65(80-63-40-20-25-45-70(63)83(56-34-14-5-15-35-56)74-48-58(49-76(86-75)78(74)80)84-67-42-22-17-37-60(67)61-38-18-23-43-68(61)84)50-64(71)79-62-39-19-24-44-69(62)82(55-32-12-4-13-33-55)72-46-57(47-73(85)77(72)79)81(53-28-8-2-9-29-53)54-30-10-3-11-31-54/h1-51H. The van der Waals surface area contributed by atoms with Crippen molar-refractivity contribution in [2.24, 2.45) is 0 Å². The Morgan fingerprint density at radius 2 is 0.744 bits per heavy atom. The molecule has 0 N–H and O–H groups in total. The van der Waals surface area contributed by atoms with Crippen LogP contribution in [0.5, 0.6) is 0 Å². The van der Waals surface area contributed by atoms with Crippen LogP contribution in [0.2, 0.25) is 0 Å². The Kier molecular flexibility index (Phi) is 11.0.